The number of carbonyl (C=O) groups is 2. The highest BCUT2D eigenvalue weighted by molar-refractivity contribution is 9.10. The molecule has 1 unspecified atom stereocenters. The summed E-state index contributed by atoms with van der Waals surface area (Å²) in [7, 11) is 1.72. The van der Waals surface area contributed by atoms with Gasteiger partial charge in [0.25, 0.3) is 5.91 Å². The van der Waals surface area contributed by atoms with E-state index in [0.29, 0.717) is 12.1 Å². The number of carboxylic acids is 1. The van der Waals surface area contributed by atoms with E-state index < -0.39 is 12.0 Å². The molecule has 0 bridgehead atoms. The summed E-state index contributed by atoms with van der Waals surface area (Å²) in [5.74, 6) is -1.41. The van der Waals surface area contributed by atoms with E-state index in [1.54, 1.807) is 30.8 Å². The maximum Gasteiger partial charge on any atom is 0.326 e. The maximum absolute atomic E-state index is 11.7. The fourth-order valence-electron chi connectivity index (χ4n) is 1.32. The Labute approximate surface area is 102 Å². The van der Waals surface area contributed by atoms with Crippen LogP contribution in [0.3, 0.4) is 0 Å². The predicted molar refractivity (Wildman–Crippen MR) is 62.3 cm³/mol. The number of halogens is 1. The first kappa shape index (κ1) is 12.8. The minimum Gasteiger partial charge on any atom is -0.480 e. The van der Waals surface area contributed by atoms with Gasteiger partial charge in [-0.05, 0) is 28.4 Å². The average molecular weight is 289 g/mol. The number of hydrogen-bond donors (Lipinski definition) is 2. The van der Waals surface area contributed by atoms with E-state index in [4.69, 9.17) is 5.11 Å². The van der Waals surface area contributed by atoms with Gasteiger partial charge >= 0.3 is 5.97 Å². The predicted octanol–water partition coefficient (Wildman–Crippen LogP) is 1.38. The van der Waals surface area contributed by atoms with Crippen LogP contribution >= 0.6 is 15.9 Å². The summed E-state index contributed by atoms with van der Waals surface area (Å²) < 4.78 is 2.41. The number of aryl methyl sites for hydroxylation is 1. The van der Waals surface area contributed by atoms with Gasteiger partial charge in [0.1, 0.15) is 11.7 Å². The highest BCUT2D eigenvalue weighted by atomic mass is 79.9. The molecule has 1 rings (SSSR count). The normalized spacial score (nSPS) is 12.2. The van der Waals surface area contributed by atoms with Crippen LogP contribution in [-0.2, 0) is 11.8 Å². The van der Waals surface area contributed by atoms with Crippen molar-refractivity contribution in [3.63, 3.8) is 0 Å². The van der Waals surface area contributed by atoms with Crippen LogP contribution in [0.2, 0.25) is 0 Å². The van der Waals surface area contributed by atoms with Crippen molar-refractivity contribution in [2.75, 3.05) is 0 Å². The van der Waals surface area contributed by atoms with Gasteiger partial charge in [0.15, 0.2) is 0 Å². The summed E-state index contributed by atoms with van der Waals surface area (Å²) in [4.78, 5) is 22.5. The molecular formula is C10H13BrN2O3. The Balaban J connectivity index is 2.79. The number of amides is 1. The molecule has 0 aliphatic heterocycles. The van der Waals surface area contributed by atoms with Crippen molar-refractivity contribution in [3.8, 4) is 0 Å². The van der Waals surface area contributed by atoms with Gasteiger partial charge in [0.2, 0.25) is 0 Å². The first-order valence-electron chi connectivity index (χ1n) is 4.81. The van der Waals surface area contributed by atoms with Gasteiger partial charge in [-0.1, -0.05) is 6.92 Å². The van der Waals surface area contributed by atoms with E-state index in [0.717, 1.165) is 4.47 Å². The smallest absolute Gasteiger partial charge is 0.326 e. The quantitative estimate of drug-likeness (QED) is 0.879. The lowest BCUT2D eigenvalue weighted by Gasteiger charge is -2.12. The zero-order valence-corrected chi connectivity index (χ0v) is 10.6. The molecule has 2 N–H and O–H groups in total. The average Bonchev–Trinajstić information content (AvgIpc) is 2.53. The Kier molecular flexibility index (Phi) is 4.12. The second kappa shape index (κ2) is 5.16. The molecule has 1 amide bonds. The summed E-state index contributed by atoms with van der Waals surface area (Å²) >= 11 is 3.25. The summed E-state index contributed by atoms with van der Waals surface area (Å²) in [5.41, 5.74) is 0.423. The van der Waals surface area contributed by atoms with Gasteiger partial charge in [0.05, 0.1) is 0 Å². The van der Waals surface area contributed by atoms with Crippen LogP contribution in [0.25, 0.3) is 0 Å². The molecule has 0 aliphatic rings. The second-order valence-corrected chi connectivity index (χ2v) is 4.34. The molecule has 16 heavy (non-hydrogen) atoms. The van der Waals surface area contributed by atoms with Crippen LogP contribution in [-0.4, -0.2) is 27.6 Å². The van der Waals surface area contributed by atoms with Gasteiger partial charge in [-0.15, -0.1) is 0 Å². The van der Waals surface area contributed by atoms with Crippen molar-refractivity contribution < 1.29 is 14.7 Å². The van der Waals surface area contributed by atoms with Gasteiger partial charge in [-0.3, -0.25) is 4.79 Å². The Morgan fingerprint density at radius 3 is 2.62 bits per heavy atom. The van der Waals surface area contributed by atoms with Gasteiger partial charge in [0, 0.05) is 17.7 Å². The fraction of sp³-hybridized carbons (Fsp3) is 0.400. The van der Waals surface area contributed by atoms with E-state index in [9.17, 15) is 9.59 Å². The standard InChI is InChI=1S/C10H13BrN2O3/c1-3-7(10(15)16)12-9(14)8-4-6(11)5-13(8)2/h4-5,7H,3H2,1-2H3,(H,12,14)(H,15,16). The summed E-state index contributed by atoms with van der Waals surface area (Å²) in [6, 6.07) is 0.797. The van der Waals surface area contributed by atoms with E-state index in [2.05, 4.69) is 21.2 Å². The molecule has 6 heteroatoms. The van der Waals surface area contributed by atoms with Crippen LogP contribution in [0.4, 0.5) is 0 Å². The largest absolute Gasteiger partial charge is 0.480 e. The molecular weight excluding hydrogens is 276 g/mol. The number of rotatable bonds is 4. The van der Waals surface area contributed by atoms with Crippen LogP contribution < -0.4 is 5.32 Å². The fourth-order valence-corrected chi connectivity index (χ4v) is 1.84. The molecule has 0 saturated heterocycles. The maximum atomic E-state index is 11.7. The molecule has 0 spiro atoms. The molecule has 0 radical (unpaired) electrons. The minimum absolute atomic E-state index is 0.354. The second-order valence-electron chi connectivity index (χ2n) is 3.43. The van der Waals surface area contributed by atoms with Gasteiger partial charge in [-0.2, -0.15) is 0 Å². The number of carbonyl (C=O) groups excluding carboxylic acids is 1. The Hall–Kier alpha value is -1.30. The number of aliphatic carboxylic acids is 1. The van der Waals surface area contributed by atoms with E-state index in [1.807, 2.05) is 0 Å². The molecule has 0 aliphatic carbocycles. The van der Waals surface area contributed by atoms with E-state index in [1.165, 1.54) is 0 Å². The van der Waals surface area contributed by atoms with Crippen LogP contribution in [0.5, 0.6) is 0 Å². The van der Waals surface area contributed by atoms with Crippen molar-refractivity contribution in [1.82, 2.24) is 9.88 Å². The number of hydrogen-bond acceptors (Lipinski definition) is 2. The third kappa shape index (κ3) is 2.85. The lowest BCUT2D eigenvalue weighted by Crippen LogP contribution is -2.40. The molecule has 1 atom stereocenters. The van der Waals surface area contributed by atoms with Crippen molar-refractivity contribution in [2.45, 2.75) is 19.4 Å². The monoisotopic (exact) mass is 288 g/mol. The summed E-state index contributed by atoms with van der Waals surface area (Å²) in [6.07, 6.45) is 2.09. The molecule has 88 valence electrons. The lowest BCUT2D eigenvalue weighted by atomic mass is 10.2. The first-order chi connectivity index (χ1) is 7.45. The summed E-state index contributed by atoms with van der Waals surface area (Å²) in [5, 5.41) is 11.3. The van der Waals surface area contributed by atoms with Crippen molar-refractivity contribution in [1.29, 1.82) is 0 Å². The highest BCUT2D eigenvalue weighted by Crippen LogP contribution is 2.13. The van der Waals surface area contributed by atoms with Crippen molar-refractivity contribution in [3.05, 3.63) is 22.4 Å². The molecule has 1 heterocycles. The van der Waals surface area contributed by atoms with Crippen LogP contribution in [0.1, 0.15) is 23.8 Å². The third-order valence-electron chi connectivity index (χ3n) is 2.22. The van der Waals surface area contributed by atoms with E-state index >= 15 is 0 Å². The van der Waals surface area contributed by atoms with Crippen LogP contribution in [0, 0.1) is 0 Å². The molecule has 1 aromatic heterocycles. The lowest BCUT2D eigenvalue weighted by molar-refractivity contribution is -0.139. The van der Waals surface area contributed by atoms with Gasteiger partial charge < -0.3 is 15.0 Å². The number of aromatic nitrogens is 1. The zero-order valence-electron chi connectivity index (χ0n) is 9.03. The Bertz CT molecular complexity index is 414. The van der Waals surface area contributed by atoms with E-state index in [-0.39, 0.29) is 5.91 Å². The minimum atomic E-state index is -1.02. The zero-order chi connectivity index (χ0) is 12.3. The summed E-state index contributed by atoms with van der Waals surface area (Å²) in [6.45, 7) is 1.71. The molecule has 0 saturated carbocycles. The van der Waals surface area contributed by atoms with Gasteiger partial charge in [-0.25, -0.2) is 4.79 Å². The topological polar surface area (TPSA) is 71.3 Å². The van der Waals surface area contributed by atoms with Crippen molar-refractivity contribution in [2.24, 2.45) is 7.05 Å². The third-order valence-corrected chi connectivity index (χ3v) is 2.65. The molecule has 1 aromatic rings. The van der Waals surface area contributed by atoms with Crippen LogP contribution in [0.15, 0.2) is 16.7 Å². The molecule has 0 fully saturated rings. The Morgan fingerprint density at radius 2 is 2.25 bits per heavy atom. The molecule has 0 aromatic carbocycles. The number of nitrogens with zero attached hydrogens (tertiary/aromatic N) is 1. The number of nitrogens with one attached hydrogen (secondary N) is 1. The number of carboxylic acid groups (broad SMARTS) is 1. The first-order valence-corrected chi connectivity index (χ1v) is 5.60. The molecule has 5 nitrogen and oxygen atoms in total. The van der Waals surface area contributed by atoms with Crippen molar-refractivity contribution >= 4 is 27.8 Å². The Morgan fingerprint density at radius 1 is 1.62 bits per heavy atom. The highest BCUT2D eigenvalue weighted by Gasteiger charge is 2.20. The SMILES string of the molecule is CCC(NC(=O)c1cc(Br)cn1C)C(=O)O.